The second kappa shape index (κ2) is 7.21. The van der Waals surface area contributed by atoms with Gasteiger partial charge in [-0.05, 0) is 48.5 Å². The third-order valence-corrected chi connectivity index (χ3v) is 4.01. The minimum absolute atomic E-state index is 0.303. The van der Waals surface area contributed by atoms with Gasteiger partial charge in [0.25, 0.3) is 5.91 Å². The number of rotatable bonds is 5. The maximum absolute atomic E-state index is 12.6. The van der Waals surface area contributed by atoms with Crippen molar-refractivity contribution in [3.8, 4) is 17.2 Å². The van der Waals surface area contributed by atoms with E-state index in [0.29, 0.717) is 33.8 Å². The van der Waals surface area contributed by atoms with Gasteiger partial charge in [-0.3, -0.25) is 4.79 Å². The van der Waals surface area contributed by atoms with E-state index in [1.165, 1.54) is 0 Å². The Morgan fingerprint density at radius 2 is 1.67 bits per heavy atom. The first-order valence-electron chi connectivity index (χ1n) is 8.31. The normalized spacial score (nSPS) is 10.6. The number of nitrogens with zero attached hydrogens (tertiary/aromatic N) is 1. The second-order valence-corrected chi connectivity index (χ2v) is 5.76. The van der Waals surface area contributed by atoms with Crippen molar-refractivity contribution in [2.45, 2.75) is 0 Å². The largest absolute Gasteiger partial charge is 0.496 e. The zero-order valence-corrected chi connectivity index (χ0v) is 14.5. The molecule has 0 saturated carbocycles. The third-order valence-electron chi connectivity index (χ3n) is 4.01. The van der Waals surface area contributed by atoms with Crippen molar-refractivity contribution in [1.29, 1.82) is 0 Å². The predicted octanol–water partition coefficient (Wildman–Crippen LogP) is 4.88. The summed E-state index contributed by atoms with van der Waals surface area (Å²) in [6.07, 6.45) is 0. The summed E-state index contributed by atoms with van der Waals surface area (Å²) in [6, 6.07) is 21.6. The molecule has 0 atom stereocenters. The molecule has 6 heteroatoms. The molecule has 4 aromatic rings. The van der Waals surface area contributed by atoms with Gasteiger partial charge >= 0.3 is 0 Å². The number of nitrogens with one attached hydrogen (secondary N) is 1. The fraction of sp³-hybridized carbons (Fsp3) is 0.0476. The second-order valence-electron chi connectivity index (χ2n) is 5.76. The minimum Gasteiger partial charge on any atom is -0.496 e. The van der Waals surface area contributed by atoms with E-state index in [0.717, 1.165) is 5.75 Å². The van der Waals surface area contributed by atoms with Crippen molar-refractivity contribution < 1.29 is 18.8 Å². The summed E-state index contributed by atoms with van der Waals surface area (Å²) >= 11 is 0. The van der Waals surface area contributed by atoms with Crippen LogP contribution in [0, 0.1) is 0 Å². The van der Waals surface area contributed by atoms with Gasteiger partial charge in [0, 0.05) is 5.56 Å². The van der Waals surface area contributed by atoms with Crippen molar-refractivity contribution >= 4 is 22.7 Å². The average molecular weight is 360 g/mol. The highest BCUT2D eigenvalue weighted by Gasteiger charge is 2.16. The number of para-hydroxylation sites is 1. The van der Waals surface area contributed by atoms with Crippen LogP contribution in [0.5, 0.6) is 17.2 Å². The van der Waals surface area contributed by atoms with Gasteiger partial charge in [0.05, 0.1) is 7.11 Å². The van der Waals surface area contributed by atoms with E-state index in [1.54, 1.807) is 49.6 Å². The van der Waals surface area contributed by atoms with Crippen molar-refractivity contribution in [2.75, 3.05) is 12.4 Å². The molecular formula is C21H16N2O4. The number of amides is 1. The molecule has 134 valence electrons. The van der Waals surface area contributed by atoms with E-state index in [2.05, 4.69) is 10.5 Å². The Labute approximate surface area is 155 Å². The molecule has 0 aliphatic rings. The Morgan fingerprint density at radius 3 is 2.41 bits per heavy atom. The molecule has 0 aliphatic carbocycles. The van der Waals surface area contributed by atoms with E-state index in [-0.39, 0.29) is 5.91 Å². The number of hydrogen-bond donors (Lipinski definition) is 1. The van der Waals surface area contributed by atoms with Gasteiger partial charge in [-0.1, -0.05) is 29.4 Å². The Kier molecular flexibility index (Phi) is 4.45. The highest BCUT2D eigenvalue weighted by molar-refractivity contribution is 6.08. The molecule has 0 saturated heterocycles. The van der Waals surface area contributed by atoms with Crippen LogP contribution in [0.2, 0.25) is 0 Å². The number of carbonyl (C=O) groups is 1. The molecular weight excluding hydrogens is 344 g/mol. The summed E-state index contributed by atoms with van der Waals surface area (Å²) in [4.78, 5) is 12.6. The molecule has 1 heterocycles. The van der Waals surface area contributed by atoms with Crippen molar-refractivity contribution in [2.24, 2.45) is 0 Å². The molecule has 0 spiro atoms. The molecule has 0 fully saturated rings. The van der Waals surface area contributed by atoms with Crippen LogP contribution < -0.4 is 14.8 Å². The lowest BCUT2D eigenvalue weighted by Crippen LogP contribution is -2.12. The van der Waals surface area contributed by atoms with Gasteiger partial charge in [-0.2, -0.15) is 0 Å². The zero-order valence-electron chi connectivity index (χ0n) is 14.5. The van der Waals surface area contributed by atoms with Gasteiger partial charge in [0.1, 0.15) is 22.6 Å². The lowest BCUT2D eigenvalue weighted by molar-refractivity contribution is 0.102. The Morgan fingerprint density at radius 1 is 0.926 bits per heavy atom. The summed E-state index contributed by atoms with van der Waals surface area (Å²) in [6.45, 7) is 0. The summed E-state index contributed by atoms with van der Waals surface area (Å²) in [5.74, 6) is 1.97. The summed E-state index contributed by atoms with van der Waals surface area (Å²) in [5.41, 5.74) is 1.01. The van der Waals surface area contributed by atoms with Crippen molar-refractivity contribution in [3.05, 3.63) is 78.4 Å². The first kappa shape index (κ1) is 16.7. The number of carbonyl (C=O) groups excluding carboxylic acids is 1. The molecule has 0 unspecified atom stereocenters. The number of methoxy groups -OCH3 is 1. The number of ether oxygens (including phenoxy) is 2. The Balaban J connectivity index is 1.52. The Hall–Kier alpha value is -3.80. The number of aromatic nitrogens is 1. The molecule has 4 rings (SSSR count). The average Bonchev–Trinajstić information content (AvgIpc) is 3.12. The summed E-state index contributed by atoms with van der Waals surface area (Å²) in [5, 5.41) is 7.31. The van der Waals surface area contributed by atoms with Gasteiger partial charge in [0.2, 0.25) is 0 Å². The van der Waals surface area contributed by atoms with Crippen LogP contribution >= 0.6 is 0 Å². The SMILES string of the molecule is COc1cccc2onc(NC(=O)c3ccc(Oc4ccccc4)cc3)c12. The van der Waals surface area contributed by atoms with Gasteiger partial charge in [0.15, 0.2) is 11.4 Å². The first-order valence-corrected chi connectivity index (χ1v) is 8.31. The number of hydrogen-bond acceptors (Lipinski definition) is 5. The molecule has 27 heavy (non-hydrogen) atoms. The highest BCUT2D eigenvalue weighted by atomic mass is 16.5. The molecule has 1 aromatic heterocycles. The van der Waals surface area contributed by atoms with E-state index in [1.807, 2.05) is 30.3 Å². The molecule has 1 N–H and O–H groups in total. The maximum Gasteiger partial charge on any atom is 0.256 e. The van der Waals surface area contributed by atoms with Crippen LogP contribution in [0.4, 0.5) is 5.82 Å². The first-order chi connectivity index (χ1) is 13.2. The molecule has 0 radical (unpaired) electrons. The minimum atomic E-state index is -0.303. The number of anilines is 1. The van der Waals surface area contributed by atoms with Crippen LogP contribution in [-0.2, 0) is 0 Å². The lowest BCUT2D eigenvalue weighted by atomic mass is 10.2. The number of fused-ring (bicyclic) bond motifs is 1. The standard InChI is InChI=1S/C21H16N2O4/c1-25-17-8-5-9-18-19(17)20(23-27-18)22-21(24)14-10-12-16(13-11-14)26-15-6-3-2-4-7-15/h2-13H,1H3,(H,22,23,24). The summed E-state index contributed by atoms with van der Waals surface area (Å²) < 4.78 is 16.3. The zero-order chi connectivity index (χ0) is 18.6. The van der Waals surface area contributed by atoms with Gasteiger partial charge in [-0.25, -0.2) is 0 Å². The van der Waals surface area contributed by atoms with Crippen LogP contribution in [0.25, 0.3) is 11.0 Å². The lowest BCUT2D eigenvalue weighted by Gasteiger charge is -2.07. The molecule has 3 aromatic carbocycles. The van der Waals surface area contributed by atoms with Crippen molar-refractivity contribution in [1.82, 2.24) is 5.16 Å². The number of benzene rings is 3. The smallest absolute Gasteiger partial charge is 0.256 e. The predicted molar refractivity (Wildman–Crippen MR) is 101 cm³/mol. The fourth-order valence-electron chi connectivity index (χ4n) is 2.70. The van der Waals surface area contributed by atoms with Crippen LogP contribution in [0.3, 0.4) is 0 Å². The maximum atomic E-state index is 12.6. The monoisotopic (exact) mass is 360 g/mol. The van der Waals surface area contributed by atoms with E-state index in [4.69, 9.17) is 14.0 Å². The quantitative estimate of drug-likeness (QED) is 0.549. The van der Waals surface area contributed by atoms with E-state index >= 15 is 0 Å². The van der Waals surface area contributed by atoms with Crippen molar-refractivity contribution in [3.63, 3.8) is 0 Å². The van der Waals surface area contributed by atoms with Crippen LogP contribution in [0.15, 0.2) is 77.3 Å². The summed E-state index contributed by atoms with van der Waals surface area (Å²) in [7, 11) is 1.55. The van der Waals surface area contributed by atoms with E-state index < -0.39 is 0 Å². The molecule has 1 amide bonds. The topological polar surface area (TPSA) is 73.6 Å². The van der Waals surface area contributed by atoms with Crippen LogP contribution in [-0.4, -0.2) is 18.2 Å². The highest BCUT2D eigenvalue weighted by Crippen LogP contribution is 2.32. The fourth-order valence-corrected chi connectivity index (χ4v) is 2.70. The molecule has 6 nitrogen and oxygen atoms in total. The molecule has 0 aliphatic heterocycles. The van der Waals surface area contributed by atoms with Crippen LogP contribution in [0.1, 0.15) is 10.4 Å². The van der Waals surface area contributed by atoms with E-state index in [9.17, 15) is 4.79 Å². The van der Waals surface area contributed by atoms with Gasteiger partial charge < -0.3 is 19.3 Å². The molecule has 0 bridgehead atoms. The van der Waals surface area contributed by atoms with Gasteiger partial charge in [-0.15, -0.1) is 0 Å². The Bertz CT molecular complexity index is 1070. The third kappa shape index (κ3) is 3.46.